The van der Waals surface area contributed by atoms with Gasteiger partial charge in [0.25, 0.3) is 5.91 Å². The van der Waals surface area contributed by atoms with Crippen LogP contribution in [-0.2, 0) is 4.74 Å². The first-order valence-electron chi connectivity index (χ1n) is 7.24. The Bertz CT molecular complexity index is 648. The second kappa shape index (κ2) is 6.14. The summed E-state index contributed by atoms with van der Waals surface area (Å²) >= 11 is 0. The van der Waals surface area contributed by atoms with Crippen LogP contribution in [0.1, 0.15) is 23.2 Å². The summed E-state index contributed by atoms with van der Waals surface area (Å²) in [7, 11) is 1.58. The maximum atomic E-state index is 12.4. The van der Waals surface area contributed by atoms with Gasteiger partial charge in [-0.1, -0.05) is 24.3 Å². The third kappa shape index (κ3) is 3.00. The molecule has 1 amide bonds. The topological polar surface area (TPSA) is 47.6 Å². The summed E-state index contributed by atoms with van der Waals surface area (Å²) in [6.45, 7) is 1.34. The summed E-state index contributed by atoms with van der Waals surface area (Å²) in [6, 6.07) is 11.7. The molecule has 2 aromatic rings. The monoisotopic (exact) mass is 285 g/mol. The Hall–Kier alpha value is -2.07. The zero-order valence-electron chi connectivity index (χ0n) is 12.1. The van der Waals surface area contributed by atoms with Gasteiger partial charge in [0.05, 0.1) is 18.8 Å². The van der Waals surface area contributed by atoms with Crippen molar-refractivity contribution in [1.29, 1.82) is 0 Å². The molecular formula is C17H19NO3. The van der Waals surface area contributed by atoms with Crippen LogP contribution in [0.15, 0.2) is 36.4 Å². The number of rotatable bonds is 4. The Morgan fingerprint density at radius 3 is 2.76 bits per heavy atom. The van der Waals surface area contributed by atoms with E-state index in [0.717, 1.165) is 30.2 Å². The van der Waals surface area contributed by atoms with E-state index in [1.807, 2.05) is 36.4 Å². The average molecular weight is 285 g/mol. The van der Waals surface area contributed by atoms with Gasteiger partial charge in [-0.3, -0.25) is 4.79 Å². The minimum absolute atomic E-state index is 0.117. The highest BCUT2D eigenvalue weighted by atomic mass is 16.5. The number of amides is 1. The molecule has 4 heteroatoms. The molecule has 0 radical (unpaired) electrons. The van der Waals surface area contributed by atoms with Crippen molar-refractivity contribution in [3.05, 3.63) is 42.0 Å². The molecule has 1 fully saturated rings. The van der Waals surface area contributed by atoms with Crippen LogP contribution < -0.4 is 10.1 Å². The maximum Gasteiger partial charge on any atom is 0.255 e. The van der Waals surface area contributed by atoms with Crippen molar-refractivity contribution >= 4 is 16.7 Å². The number of hydrogen-bond donors (Lipinski definition) is 1. The molecule has 1 aliphatic heterocycles. The molecule has 0 unspecified atom stereocenters. The van der Waals surface area contributed by atoms with Crippen molar-refractivity contribution in [2.45, 2.75) is 18.9 Å². The van der Waals surface area contributed by atoms with Gasteiger partial charge in [0, 0.05) is 13.2 Å². The van der Waals surface area contributed by atoms with Crippen LogP contribution in [0.3, 0.4) is 0 Å². The van der Waals surface area contributed by atoms with Gasteiger partial charge in [0.15, 0.2) is 0 Å². The second-order valence-electron chi connectivity index (χ2n) is 5.24. The molecule has 0 aromatic heterocycles. The maximum absolute atomic E-state index is 12.4. The summed E-state index contributed by atoms with van der Waals surface area (Å²) in [5.74, 6) is 0.478. The van der Waals surface area contributed by atoms with Gasteiger partial charge in [0.2, 0.25) is 0 Å². The highest BCUT2D eigenvalue weighted by molar-refractivity contribution is 6.01. The summed E-state index contributed by atoms with van der Waals surface area (Å²) in [5.41, 5.74) is 0.564. The van der Waals surface area contributed by atoms with Crippen LogP contribution in [0, 0.1) is 0 Å². The lowest BCUT2D eigenvalue weighted by Gasteiger charge is -2.13. The molecule has 110 valence electrons. The largest absolute Gasteiger partial charge is 0.496 e. The second-order valence-corrected chi connectivity index (χ2v) is 5.24. The Labute approximate surface area is 124 Å². The van der Waals surface area contributed by atoms with Crippen LogP contribution in [0.5, 0.6) is 5.75 Å². The van der Waals surface area contributed by atoms with E-state index < -0.39 is 0 Å². The number of benzene rings is 2. The molecule has 1 atom stereocenters. The van der Waals surface area contributed by atoms with E-state index in [2.05, 4.69) is 5.32 Å². The molecule has 1 saturated heterocycles. The molecule has 0 saturated carbocycles. The minimum atomic E-state index is -0.117. The predicted molar refractivity (Wildman–Crippen MR) is 81.8 cm³/mol. The molecule has 3 rings (SSSR count). The molecular weight excluding hydrogens is 266 g/mol. The van der Waals surface area contributed by atoms with E-state index in [0.29, 0.717) is 17.9 Å². The van der Waals surface area contributed by atoms with Crippen molar-refractivity contribution in [1.82, 2.24) is 5.32 Å². The van der Waals surface area contributed by atoms with Crippen LogP contribution in [0.2, 0.25) is 0 Å². The van der Waals surface area contributed by atoms with Crippen molar-refractivity contribution in [3.8, 4) is 5.75 Å². The van der Waals surface area contributed by atoms with Gasteiger partial charge in [-0.25, -0.2) is 0 Å². The summed E-state index contributed by atoms with van der Waals surface area (Å²) in [4.78, 5) is 12.4. The van der Waals surface area contributed by atoms with E-state index in [4.69, 9.17) is 9.47 Å². The molecule has 0 bridgehead atoms. The molecule has 0 spiro atoms. The van der Waals surface area contributed by atoms with Crippen molar-refractivity contribution < 1.29 is 14.3 Å². The van der Waals surface area contributed by atoms with Crippen molar-refractivity contribution in [2.24, 2.45) is 0 Å². The SMILES string of the molecule is COc1cc2ccccc2cc1C(=O)NC[C@@H]1CCCO1. The number of hydrogen-bond acceptors (Lipinski definition) is 3. The van der Waals surface area contributed by atoms with Gasteiger partial charge >= 0.3 is 0 Å². The number of nitrogens with one attached hydrogen (secondary N) is 1. The molecule has 0 aliphatic carbocycles. The standard InChI is InChI=1S/C17H19NO3/c1-20-16-10-13-6-3-2-5-12(13)9-15(16)17(19)18-11-14-7-4-8-21-14/h2-3,5-6,9-10,14H,4,7-8,11H2,1H3,(H,18,19)/t14-/m0/s1. The fraction of sp³-hybridized carbons (Fsp3) is 0.353. The molecule has 21 heavy (non-hydrogen) atoms. The van der Waals surface area contributed by atoms with Gasteiger partial charge in [-0.15, -0.1) is 0 Å². The number of carbonyl (C=O) groups excluding carboxylic acids is 1. The Morgan fingerprint density at radius 2 is 2.10 bits per heavy atom. The highest BCUT2D eigenvalue weighted by Gasteiger charge is 2.18. The summed E-state index contributed by atoms with van der Waals surface area (Å²) in [5, 5.41) is 5.02. The van der Waals surface area contributed by atoms with Gasteiger partial charge in [-0.05, 0) is 35.7 Å². The van der Waals surface area contributed by atoms with Gasteiger partial charge < -0.3 is 14.8 Å². The van der Waals surface area contributed by atoms with E-state index in [9.17, 15) is 4.79 Å². The summed E-state index contributed by atoms with van der Waals surface area (Å²) in [6.07, 6.45) is 2.22. The van der Waals surface area contributed by atoms with E-state index in [-0.39, 0.29) is 12.0 Å². The fourth-order valence-electron chi connectivity index (χ4n) is 2.67. The summed E-state index contributed by atoms with van der Waals surface area (Å²) < 4.78 is 10.9. The lowest BCUT2D eigenvalue weighted by atomic mass is 10.1. The van der Waals surface area contributed by atoms with E-state index in [1.165, 1.54) is 0 Å². The normalized spacial score (nSPS) is 17.9. The van der Waals surface area contributed by atoms with Crippen molar-refractivity contribution in [2.75, 3.05) is 20.3 Å². The van der Waals surface area contributed by atoms with Gasteiger partial charge in [-0.2, -0.15) is 0 Å². The Balaban J connectivity index is 1.81. The number of fused-ring (bicyclic) bond motifs is 1. The smallest absolute Gasteiger partial charge is 0.255 e. The predicted octanol–water partition coefficient (Wildman–Crippen LogP) is 2.76. The molecule has 1 N–H and O–H groups in total. The number of methoxy groups -OCH3 is 1. The number of carbonyl (C=O) groups is 1. The van der Waals surface area contributed by atoms with E-state index in [1.54, 1.807) is 7.11 Å². The van der Waals surface area contributed by atoms with Crippen molar-refractivity contribution in [3.63, 3.8) is 0 Å². The molecule has 4 nitrogen and oxygen atoms in total. The van der Waals surface area contributed by atoms with Crippen LogP contribution in [-0.4, -0.2) is 32.3 Å². The molecule has 2 aromatic carbocycles. The van der Waals surface area contributed by atoms with Crippen LogP contribution in [0.4, 0.5) is 0 Å². The Morgan fingerprint density at radius 1 is 1.33 bits per heavy atom. The quantitative estimate of drug-likeness (QED) is 0.939. The average Bonchev–Trinajstić information content (AvgIpc) is 3.04. The fourth-order valence-corrected chi connectivity index (χ4v) is 2.67. The first kappa shape index (κ1) is 13.9. The van der Waals surface area contributed by atoms with Gasteiger partial charge in [0.1, 0.15) is 5.75 Å². The first-order valence-corrected chi connectivity index (χ1v) is 7.24. The third-order valence-electron chi connectivity index (χ3n) is 3.83. The van der Waals surface area contributed by atoms with Crippen LogP contribution in [0.25, 0.3) is 10.8 Å². The highest BCUT2D eigenvalue weighted by Crippen LogP contribution is 2.26. The molecule has 1 heterocycles. The first-order chi connectivity index (χ1) is 10.3. The zero-order valence-corrected chi connectivity index (χ0v) is 12.1. The minimum Gasteiger partial charge on any atom is -0.496 e. The lowest BCUT2D eigenvalue weighted by Crippen LogP contribution is -2.32. The zero-order chi connectivity index (χ0) is 14.7. The van der Waals surface area contributed by atoms with E-state index >= 15 is 0 Å². The lowest BCUT2D eigenvalue weighted by molar-refractivity contribution is 0.0855. The number of ether oxygens (including phenoxy) is 2. The Kier molecular flexibility index (Phi) is 4.06. The molecule has 1 aliphatic rings. The van der Waals surface area contributed by atoms with Crippen LogP contribution >= 0.6 is 0 Å². The third-order valence-corrected chi connectivity index (χ3v) is 3.83.